The molecule has 1 heterocycles. The van der Waals surface area contributed by atoms with E-state index in [-0.39, 0.29) is 0 Å². The maximum absolute atomic E-state index is 5.88. The van der Waals surface area contributed by atoms with E-state index < -0.39 is 0 Å². The molecule has 15 heavy (non-hydrogen) atoms. The first-order valence-corrected chi connectivity index (χ1v) is 5.75. The van der Waals surface area contributed by atoms with Gasteiger partial charge in [0, 0.05) is 23.8 Å². The largest absolute Gasteiger partial charge is 0.305 e. The van der Waals surface area contributed by atoms with Gasteiger partial charge in [-0.25, -0.2) is 10.8 Å². The Morgan fingerprint density at radius 2 is 2.13 bits per heavy atom. The number of rotatable bonds is 5. The Labute approximate surface area is 99.2 Å². The van der Waals surface area contributed by atoms with Crippen LogP contribution < -0.4 is 10.9 Å². The normalized spacial score (nSPS) is 10.7. The lowest BCUT2D eigenvalue weighted by molar-refractivity contribution is 0.358. The molecule has 2 N–H and O–H groups in total. The standard InChI is InChI=1S/C10H17BrN4/c1-3-14(2)6-7-15(12)10-5-4-9(11)8-13-10/h4-5,8H,3,6-7,12H2,1-2H3. The molecule has 0 bridgehead atoms. The number of hydrazine groups is 1. The second-order valence-corrected chi connectivity index (χ2v) is 4.34. The van der Waals surface area contributed by atoms with Crippen LogP contribution in [0.4, 0.5) is 5.82 Å². The van der Waals surface area contributed by atoms with Crippen LogP contribution in [0.1, 0.15) is 6.92 Å². The van der Waals surface area contributed by atoms with E-state index >= 15 is 0 Å². The predicted octanol–water partition coefficient (Wildman–Crippen LogP) is 1.48. The molecule has 0 saturated carbocycles. The number of nitrogens with two attached hydrogens (primary N) is 1. The molecular weight excluding hydrogens is 256 g/mol. The summed E-state index contributed by atoms with van der Waals surface area (Å²) in [6, 6.07) is 3.84. The van der Waals surface area contributed by atoms with Crippen molar-refractivity contribution in [3.05, 3.63) is 22.8 Å². The molecule has 0 aliphatic rings. The van der Waals surface area contributed by atoms with Gasteiger partial charge in [-0.3, -0.25) is 5.01 Å². The quantitative estimate of drug-likeness (QED) is 0.652. The lowest BCUT2D eigenvalue weighted by Gasteiger charge is -2.21. The average Bonchev–Trinajstić information content (AvgIpc) is 2.26. The monoisotopic (exact) mass is 272 g/mol. The Bertz CT molecular complexity index is 288. The molecule has 0 unspecified atom stereocenters. The molecule has 84 valence electrons. The molecule has 0 spiro atoms. The number of nitrogens with zero attached hydrogens (tertiary/aromatic N) is 3. The summed E-state index contributed by atoms with van der Waals surface area (Å²) < 4.78 is 0.963. The highest BCUT2D eigenvalue weighted by Crippen LogP contribution is 2.12. The van der Waals surface area contributed by atoms with E-state index in [0.717, 1.165) is 29.9 Å². The third-order valence-electron chi connectivity index (χ3n) is 2.27. The van der Waals surface area contributed by atoms with Crippen LogP contribution in [0.25, 0.3) is 0 Å². The van der Waals surface area contributed by atoms with Crippen molar-refractivity contribution in [3.63, 3.8) is 0 Å². The molecule has 0 saturated heterocycles. The Balaban J connectivity index is 2.46. The van der Waals surface area contributed by atoms with Gasteiger partial charge in [0.15, 0.2) is 0 Å². The van der Waals surface area contributed by atoms with Crippen LogP contribution in [0.2, 0.25) is 0 Å². The predicted molar refractivity (Wildman–Crippen MR) is 66.6 cm³/mol. The van der Waals surface area contributed by atoms with Crippen molar-refractivity contribution in [2.24, 2.45) is 5.84 Å². The second kappa shape index (κ2) is 6.05. The van der Waals surface area contributed by atoms with E-state index in [1.165, 1.54) is 0 Å². The van der Waals surface area contributed by atoms with Gasteiger partial charge in [-0.1, -0.05) is 6.92 Å². The molecule has 1 aromatic rings. The first-order chi connectivity index (χ1) is 7.13. The van der Waals surface area contributed by atoms with Crippen molar-refractivity contribution >= 4 is 21.7 Å². The van der Waals surface area contributed by atoms with E-state index in [1.807, 2.05) is 12.1 Å². The van der Waals surface area contributed by atoms with Gasteiger partial charge in [0.05, 0.1) is 0 Å². The molecular formula is C10H17BrN4. The summed E-state index contributed by atoms with van der Waals surface area (Å²) in [7, 11) is 2.07. The van der Waals surface area contributed by atoms with E-state index in [0.29, 0.717) is 0 Å². The number of halogens is 1. The van der Waals surface area contributed by atoms with Gasteiger partial charge in [-0.05, 0) is 41.7 Å². The summed E-state index contributed by atoms with van der Waals surface area (Å²) in [4.78, 5) is 6.42. The Morgan fingerprint density at radius 3 is 2.67 bits per heavy atom. The maximum atomic E-state index is 5.88. The van der Waals surface area contributed by atoms with Crippen molar-refractivity contribution in [3.8, 4) is 0 Å². The molecule has 0 amide bonds. The summed E-state index contributed by atoms with van der Waals surface area (Å²) in [5.41, 5.74) is 0. The van der Waals surface area contributed by atoms with E-state index in [4.69, 9.17) is 5.84 Å². The van der Waals surface area contributed by atoms with Gasteiger partial charge in [0.2, 0.25) is 0 Å². The molecule has 0 radical (unpaired) electrons. The van der Waals surface area contributed by atoms with Gasteiger partial charge < -0.3 is 4.90 Å². The fourth-order valence-electron chi connectivity index (χ4n) is 1.09. The first kappa shape index (κ1) is 12.4. The van der Waals surface area contributed by atoms with Gasteiger partial charge in [-0.15, -0.1) is 0 Å². The summed E-state index contributed by atoms with van der Waals surface area (Å²) >= 11 is 3.34. The summed E-state index contributed by atoms with van der Waals surface area (Å²) in [5, 5.41) is 1.67. The van der Waals surface area contributed by atoms with Gasteiger partial charge in [0.25, 0.3) is 0 Å². The number of hydrogen-bond donors (Lipinski definition) is 1. The van der Waals surface area contributed by atoms with Crippen molar-refractivity contribution in [1.29, 1.82) is 0 Å². The molecule has 0 fully saturated rings. The lowest BCUT2D eigenvalue weighted by atomic mass is 10.4. The van der Waals surface area contributed by atoms with Crippen LogP contribution in [-0.2, 0) is 0 Å². The minimum Gasteiger partial charge on any atom is -0.305 e. The fourth-order valence-corrected chi connectivity index (χ4v) is 1.32. The molecule has 1 rings (SSSR count). The Kier molecular flexibility index (Phi) is 5.01. The topological polar surface area (TPSA) is 45.4 Å². The zero-order valence-corrected chi connectivity index (χ0v) is 10.7. The minimum atomic E-state index is 0.777. The Hall–Kier alpha value is -0.650. The Morgan fingerprint density at radius 1 is 1.40 bits per heavy atom. The SMILES string of the molecule is CCN(C)CCN(N)c1ccc(Br)cn1. The van der Waals surface area contributed by atoms with Crippen molar-refractivity contribution < 1.29 is 0 Å². The van der Waals surface area contributed by atoms with E-state index in [1.54, 1.807) is 11.2 Å². The number of anilines is 1. The van der Waals surface area contributed by atoms with Crippen LogP contribution >= 0.6 is 15.9 Å². The fraction of sp³-hybridized carbons (Fsp3) is 0.500. The first-order valence-electron chi connectivity index (χ1n) is 4.95. The summed E-state index contributed by atoms with van der Waals surface area (Å²) in [6.07, 6.45) is 1.75. The van der Waals surface area contributed by atoms with Gasteiger partial charge >= 0.3 is 0 Å². The summed E-state index contributed by atoms with van der Waals surface area (Å²) in [5.74, 6) is 6.67. The van der Waals surface area contributed by atoms with Crippen molar-refractivity contribution in [1.82, 2.24) is 9.88 Å². The summed E-state index contributed by atoms with van der Waals surface area (Å²) in [6.45, 7) is 4.87. The second-order valence-electron chi connectivity index (χ2n) is 3.42. The highest BCUT2D eigenvalue weighted by Gasteiger charge is 2.03. The van der Waals surface area contributed by atoms with Crippen LogP contribution in [0.3, 0.4) is 0 Å². The third-order valence-corrected chi connectivity index (χ3v) is 2.74. The molecule has 5 heteroatoms. The smallest absolute Gasteiger partial charge is 0.142 e. The lowest BCUT2D eigenvalue weighted by Crippen LogP contribution is -2.38. The van der Waals surface area contributed by atoms with Crippen molar-refractivity contribution in [2.45, 2.75) is 6.92 Å². The minimum absolute atomic E-state index is 0.777. The number of pyridine rings is 1. The van der Waals surface area contributed by atoms with Crippen molar-refractivity contribution in [2.75, 3.05) is 31.7 Å². The van der Waals surface area contributed by atoms with Crippen LogP contribution in [0, 0.1) is 0 Å². The zero-order chi connectivity index (χ0) is 11.3. The van der Waals surface area contributed by atoms with Crippen LogP contribution in [0.15, 0.2) is 22.8 Å². The third kappa shape index (κ3) is 4.15. The molecule has 0 aromatic carbocycles. The molecule has 0 aliphatic heterocycles. The highest BCUT2D eigenvalue weighted by molar-refractivity contribution is 9.10. The van der Waals surface area contributed by atoms with Crippen LogP contribution in [-0.4, -0.2) is 36.6 Å². The van der Waals surface area contributed by atoms with E-state index in [2.05, 4.69) is 39.8 Å². The van der Waals surface area contributed by atoms with Gasteiger partial charge in [-0.2, -0.15) is 0 Å². The van der Waals surface area contributed by atoms with E-state index in [9.17, 15) is 0 Å². The molecule has 1 aromatic heterocycles. The van der Waals surface area contributed by atoms with Gasteiger partial charge in [0.1, 0.15) is 5.82 Å². The maximum Gasteiger partial charge on any atom is 0.142 e. The molecule has 0 atom stereocenters. The molecule has 0 aliphatic carbocycles. The molecule has 4 nitrogen and oxygen atoms in total. The number of aromatic nitrogens is 1. The highest BCUT2D eigenvalue weighted by atomic mass is 79.9. The number of hydrogen-bond acceptors (Lipinski definition) is 4. The number of likely N-dealkylation sites (N-methyl/N-ethyl adjacent to an activating group) is 1. The average molecular weight is 273 g/mol. The zero-order valence-electron chi connectivity index (χ0n) is 9.15. The van der Waals surface area contributed by atoms with Crippen LogP contribution in [0.5, 0.6) is 0 Å².